The predicted molar refractivity (Wildman–Crippen MR) is 114 cm³/mol. The fraction of sp³-hybridized carbons (Fsp3) is 0.348. The smallest absolute Gasteiger partial charge is 0.255 e. The molecule has 3 aromatic rings. The number of benzene rings is 1. The van der Waals surface area contributed by atoms with Gasteiger partial charge in [0, 0.05) is 24.7 Å². The number of rotatable bonds is 6. The molecule has 0 spiro atoms. The monoisotopic (exact) mass is 376 g/mol. The molecule has 0 aliphatic heterocycles. The third-order valence-electron chi connectivity index (χ3n) is 4.84. The molecule has 0 N–H and O–H groups in total. The summed E-state index contributed by atoms with van der Waals surface area (Å²) >= 11 is 0. The van der Waals surface area contributed by atoms with Crippen LogP contribution in [0.3, 0.4) is 0 Å². The number of likely N-dealkylation sites (N-methyl/N-ethyl adjacent to an activating group) is 1. The number of hydrogen-bond donors (Lipinski definition) is 0. The molecule has 0 bridgehead atoms. The molecule has 0 unspecified atom stereocenters. The number of hydrogen-bond acceptors (Lipinski definition) is 3. The summed E-state index contributed by atoms with van der Waals surface area (Å²) in [4.78, 5) is 20.1. The molecule has 0 radical (unpaired) electrons. The molecule has 5 heteroatoms. The Morgan fingerprint density at radius 3 is 2.61 bits per heavy atom. The number of pyridine rings is 1. The first-order valence-electron chi connectivity index (χ1n) is 9.71. The van der Waals surface area contributed by atoms with Gasteiger partial charge in [0.2, 0.25) is 0 Å². The average molecular weight is 377 g/mol. The summed E-state index contributed by atoms with van der Waals surface area (Å²) in [6, 6.07) is 10.2. The third-order valence-corrected chi connectivity index (χ3v) is 4.84. The number of fused-ring (bicyclic) bond motifs is 1. The van der Waals surface area contributed by atoms with E-state index in [1.807, 2.05) is 47.7 Å². The zero-order valence-corrected chi connectivity index (χ0v) is 17.4. The minimum atomic E-state index is -0.0176. The molecule has 0 aliphatic rings. The number of carbonyl (C=O) groups excluding carboxylic acids is 1. The Morgan fingerprint density at radius 1 is 1.29 bits per heavy atom. The van der Waals surface area contributed by atoms with Crippen LogP contribution in [-0.4, -0.2) is 38.7 Å². The molecule has 0 aliphatic carbocycles. The molecule has 3 rings (SSSR count). The van der Waals surface area contributed by atoms with Crippen molar-refractivity contribution in [3.05, 3.63) is 59.8 Å². The van der Waals surface area contributed by atoms with Crippen LogP contribution in [0, 0.1) is 6.92 Å². The first-order chi connectivity index (χ1) is 13.3. The molecule has 0 atom stereocenters. The van der Waals surface area contributed by atoms with Crippen molar-refractivity contribution in [3.8, 4) is 11.3 Å². The summed E-state index contributed by atoms with van der Waals surface area (Å²) < 4.78 is 1.88. The van der Waals surface area contributed by atoms with Crippen molar-refractivity contribution >= 4 is 16.9 Å². The lowest BCUT2D eigenvalue weighted by molar-refractivity contribution is 0.0780. The van der Waals surface area contributed by atoms with Crippen LogP contribution in [-0.2, 0) is 0 Å². The highest BCUT2D eigenvalue weighted by molar-refractivity contribution is 6.06. The summed E-state index contributed by atoms with van der Waals surface area (Å²) in [5.74, 6) is -0.0176. The van der Waals surface area contributed by atoms with Gasteiger partial charge < -0.3 is 4.90 Å². The molecule has 146 valence electrons. The van der Waals surface area contributed by atoms with Gasteiger partial charge in [0.25, 0.3) is 5.91 Å². The van der Waals surface area contributed by atoms with Crippen LogP contribution in [0.1, 0.15) is 49.7 Å². The molecule has 0 saturated carbocycles. The lowest BCUT2D eigenvalue weighted by Crippen LogP contribution is -2.32. The van der Waals surface area contributed by atoms with Gasteiger partial charge in [0.15, 0.2) is 5.65 Å². The van der Waals surface area contributed by atoms with Crippen molar-refractivity contribution in [2.24, 2.45) is 0 Å². The van der Waals surface area contributed by atoms with E-state index in [4.69, 9.17) is 4.98 Å². The second kappa shape index (κ2) is 7.97. The van der Waals surface area contributed by atoms with Crippen molar-refractivity contribution in [1.82, 2.24) is 19.7 Å². The van der Waals surface area contributed by atoms with Gasteiger partial charge in [-0.3, -0.25) is 4.79 Å². The number of carbonyl (C=O) groups is 1. The molecule has 5 nitrogen and oxygen atoms in total. The maximum Gasteiger partial charge on any atom is 0.255 e. The second-order valence-corrected chi connectivity index (χ2v) is 7.57. The van der Waals surface area contributed by atoms with Gasteiger partial charge in [-0.15, -0.1) is 0 Å². The molecule has 1 amide bonds. The molecule has 2 heterocycles. The van der Waals surface area contributed by atoms with Crippen LogP contribution >= 0.6 is 0 Å². The summed E-state index contributed by atoms with van der Waals surface area (Å²) in [7, 11) is 0. The second-order valence-electron chi connectivity index (χ2n) is 7.57. The largest absolute Gasteiger partial charge is 0.335 e. The maximum absolute atomic E-state index is 13.4. The Kier molecular flexibility index (Phi) is 5.63. The van der Waals surface area contributed by atoms with Gasteiger partial charge >= 0.3 is 0 Å². The number of nitrogens with zero attached hydrogens (tertiary/aromatic N) is 4. The predicted octanol–water partition coefficient (Wildman–Crippen LogP) is 5.03. The van der Waals surface area contributed by atoms with E-state index in [0.29, 0.717) is 18.7 Å². The van der Waals surface area contributed by atoms with Crippen molar-refractivity contribution < 1.29 is 4.79 Å². The molecular weight excluding hydrogens is 348 g/mol. The molecule has 0 fully saturated rings. The Hall–Kier alpha value is -2.95. The van der Waals surface area contributed by atoms with Crippen molar-refractivity contribution in [2.45, 2.75) is 40.7 Å². The minimum absolute atomic E-state index is 0.0176. The summed E-state index contributed by atoms with van der Waals surface area (Å²) in [5.41, 5.74) is 5.28. The third kappa shape index (κ3) is 3.70. The van der Waals surface area contributed by atoms with Crippen LogP contribution in [0.4, 0.5) is 0 Å². The number of amides is 1. The van der Waals surface area contributed by atoms with Gasteiger partial charge in [-0.1, -0.05) is 36.4 Å². The van der Waals surface area contributed by atoms with Crippen LogP contribution < -0.4 is 0 Å². The van der Waals surface area contributed by atoms with Crippen LogP contribution in [0.2, 0.25) is 0 Å². The van der Waals surface area contributed by atoms with Gasteiger partial charge in [0.1, 0.15) is 0 Å². The molecular formula is C23H28N4O. The normalized spacial score (nSPS) is 11.2. The van der Waals surface area contributed by atoms with E-state index in [2.05, 4.69) is 38.5 Å². The fourth-order valence-corrected chi connectivity index (χ4v) is 3.39. The Morgan fingerprint density at radius 2 is 2.00 bits per heavy atom. The summed E-state index contributed by atoms with van der Waals surface area (Å²) in [6.45, 7) is 15.2. The van der Waals surface area contributed by atoms with Crippen LogP contribution in [0.5, 0.6) is 0 Å². The SMILES string of the molecule is C=C(C)CN(CC)C(=O)c1cc(-c2ccccc2C)nc2c1cnn2C(C)C. The van der Waals surface area contributed by atoms with Crippen LogP contribution in [0.25, 0.3) is 22.3 Å². The number of aromatic nitrogens is 3. The van der Waals surface area contributed by atoms with E-state index in [-0.39, 0.29) is 11.9 Å². The van der Waals surface area contributed by atoms with E-state index >= 15 is 0 Å². The van der Waals surface area contributed by atoms with Gasteiger partial charge in [-0.2, -0.15) is 5.10 Å². The summed E-state index contributed by atoms with van der Waals surface area (Å²) in [5, 5.41) is 5.30. The van der Waals surface area contributed by atoms with Crippen molar-refractivity contribution in [2.75, 3.05) is 13.1 Å². The summed E-state index contributed by atoms with van der Waals surface area (Å²) in [6.07, 6.45) is 1.76. The molecule has 28 heavy (non-hydrogen) atoms. The van der Waals surface area contributed by atoms with Gasteiger partial charge in [0.05, 0.1) is 22.8 Å². The minimum Gasteiger partial charge on any atom is -0.335 e. The van der Waals surface area contributed by atoms with E-state index in [9.17, 15) is 4.79 Å². The highest BCUT2D eigenvalue weighted by Gasteiger charge is 2.22. The zero-order valence-electron chi connectivity index (χ0n) is 17.4. The highest BCUT2D eigenvalue weighted by Crippen LogP contribution is 2.29. The van der Waals surface area contributed by atoms with Gasteiger partial charge in [-0.25, -0.2) is 9.67 Å². The Bertz CT molecular complexity index is 1030. The van der Waals surface area contributed by atoms with E-state index in [0.717, 1.165) is 33.4 Å². The molecule has 0 saturated heterocycles. The van der Waals surface area contributed by atoms with Crippen LogP contribution in [0.15, 0.2) is 48.7 Å². The van der Waals surface area contributed by atoms with E-state index < -0.39 is 0 Å². The highest BCUT2D eigenvalue weighted by atomic mass is 16.2. The standard InChI is InChI=1S/C23H28N4O/c1-7-26(14-15(2)3)23(28)19-12-21(18-11-9-8-10-17(18)6)25-22-20(19)13-24-27(22)16(4)5/h8-13,16H,2,7,14H2,1,3-6H3. The van der Waals surface area contributed by atoms with Crippen molar-refractivity contribution in [1.29, 1.82) is 0 Å². The fourth-order valence-electron chi connectivity index (χ4n) is 3.39. The van der Waals surface area contributed by atoms with Crippen molar-refractivity contribution in [3.63, 3.8) is 0 Å². The maximum atomic E-state index is 13.4. The lowest BCUT2D eigenvalue weighted by Gasteiger charge is -2.22. The van der Waals surface area contributed by atoms with E-state index in [1.54, 1.807) is 6.20 Å². The lowest BCUT2D eigenvalue weighted by atomic mass is 10.0. The zero-order chi connectivity index (χ0) is 20.4. The average Bonchev–Trinajstić information content (AvgIpc) is 3.09. The quantitative estimate of drug-likeness (QED) is 0.567. The first kappa shape index (κ1) is 19.8. The number of aryl methyl sites for hydroxylation is 1. The topological polar surface area (TPSA) is 51.0 Å². The Balaban J connectivity index is 2.25. The first-order valence-corrected chi connectivity index (χ1v) is 9.71. The van der Waals surface area contributed by atoms with Gasteiger partial charge in [-0.05, 0) is 46.2 Å². The molecule has 1 aromatic carbocycles. The molecule has 2 aromatic heterocycles. The Labute approximate surface area is 166 Å². The van der Waals surface area contributed by atoms with E-state index in [1.165, 1.54) is 0 Å².